The fraction of sp³-hybridized carbons (Fsp3) is 0.231. The summed E-state index contributed by atoms with van der Waals surface area (Å²) in [6, 6.07) is 6.67. The number of benzene rings is 1. The van der Waals surface area contributed by atoms with Gasteiger partial charge in [-0.2, -0.15) is 0 Å². The Balaban J connectivity index is 1.87. The van der Waals surface area contributed by atoms with Crippen molar-refractivity contribution >= 4 is 43.4 Å². The molecule has 1 aliphatic carbocycles. The van der Waals surface area contributed by atoms with Crippen LogP contribution in [0.1, 0.15) is 24.6 Å². The topological polar surface area (TPSA) is 37.8 Å². The Bertz CT molecular complexity index is 629. The van der Waals surface area contributed by atoms with Crippen molar-refractivity contribution in [2.45, 2.75) is 18.8 Å². The Labute approximate surface area is 126 Å². The Morgan fingerprint density at radius 2 is 1.95 bits per heavy atom. The highest BCUT2D eigenvalue weighted by molar-refractivity contribution is 9.10. The lowest BCUT2D eigenvalue weighted by atomic mass is 10.3. The molecule has 3 rings (SSSR count). The van der Waals surface area contributed by atoms with Crippen LogP contribution >= 0.6 is 31.9 Å². The molecule has 1 fully saturated rings. The van der Waals surface area contributed by atoms with Gasteiger partial charge < -0.3 is 5.32 Å². The van der Waals surface area contributed by atoms with Crippen LogP contribution in [0, 0.1) is 5.82 Å². The Morgan fingerprint density at radius 3 is 2.63 bits per heavy atom. The summed E-state index contributed by atoms with van der Waals surface area (Å²) < 4.78 is 14.6. The highest BCUT2D eigenvalue weighted by Gasteiger charge is 2.27. The molecule has 0 aliphatic heterocycles. The van der Waals surface area contributed by atoms with Crippen molar-refractivity contribution in [3.8, 4) is 0 Å². The van der Waals surface area contributed by atoms with Gasteiger partial charge in [-0.1, -0.05) is 0 Å². The summed E-state index contributed by atoms with van der Waals surface area (Å²) in [5, 5.41) is 3.09. The Hall–Kier alpha value is -1.01. The highest BCUT2D eigenvalue weighted by atomic mass is 79.9. The third kappa shape index (κ3) is 3.12. The number of nitrogens with zero attached hydrogens (tertiary/aromatic N) is 2. The fourth-order valence-electron chi connectivity index (χ4n) is 1.75. The molecule has 1 aliphatic rings. The highest BCUT2D eigenvalue weighted by Crippen LogP contribution is 2.39. The summed E-state index contributed by atoms with van der Waals surface area (Å²) in [6.45, 7) is 0. The van der Waals surface area contributed by atoms with Gasteiger partial charge in [-0.05, 0) is 62.9 Å². The predicted molar refractivity (Wildman–Crippen MR) is 79.1 cm³/mol. The largest absolute Gasteiger partial charge is 0.340 e. The van der Waals surface area contributed by atoms with Crippen LogP contribution in [0.3, 0.4) is 0 Å². The van der Waals surface area contributed by atoms with Crippen molar-refractivity contribution in [2.24, 2.45) is 0 Å². The van der Waals surface area contributed by atoms with Crippen molar-refractivity contribution in [1.29, 1.82) is 0 Å². The third-order valence-corrected chi connectivity index (χ3v) is 3.90. The molecule has 0 atom stereocenters. The first-order valence-corrected chi connectivity index (χ1v) is 7.47. The first kappa shape index (κ1) is 13.0. The van der Waals surface area contributed by atoms with Gasteiger partial charge in [-0.25, -0.2) is 14.4 Å². The van der Waals surface area contributed by atoms with E-state index in [-0.39, 0.29) is 5.82 Å². The summed E-state index contributed by atoms with van der Waals surface area (Å²) >= 11 is 6.51. The number of halogens is 3. The molecule has 0 saturated heterocycles. The molecule has 0 bridgehead atoms. The van der Waals surface area contributed by atoms with Crippen LogP contribution in [-0.4, -0.2) is 9.97 Å². The van der Waals surface area contributed by atoms with E-state index >= 15 is 0 Å². The van der Waals surface area contributed by atoms with Gasteiger partial charge in [0.15, 0.2) is 0 Å². The van der Waals surface area contributed by atoms with E-state index in [0.29, 0.717) is 21.9 Å². The summed E-state index contributed by atoms with van der Waals surface area (Å²) in [7, 11) is 0. The average Bonchev–Trinajstić information content (AvgIpc) is 3.17. The van der Waals surface area contributed by atoms with Gasteiger partial charge in [0, 0.05) is 17.7 Å². The molecule has 19 heavy (non-hydrogen) atoms. The van der Waals surface area contributed by atoms with E-state index in [9.17, 15) is 4.39 Å². The number of nitrogens with one attached hydrogen (secondary N) is 1. The van der Waals surface area contributed by atoms with Gasteiger partial charge in [0.25, 0.3) is 0 Å². The minimum atomic E-state index is -0.305. The van der Waals surface area contributed by atoms with E-state index < -0.39 is 0 Å². The average molecular weight is 387 g/mol. The van der Waals surface area contributed by atoms with Gasteiger partial charge in [-0.3, -0.25) is 0 Å². The predicted octanol–water partition coefficient (Wildman–Crippen LogP) is 4.76. The van der Waals surface area contributed by atoms with Crippen LogP contribution < -0.4 is 5.32 Å². The van der Waals surface area contributed by atoms with E-state index in [1.54, 1.807) is 18.2 Å². The number of aromatic nitrogens is 2. The van der Waals surface area contributed by atoms with Crippen molar-refractivity contribution < 1.29 is 4.39 Å². The van der Waals surface area contributed by atoms with Crippen LogP contribution in [0.4, 0.5) is 15.9 Å². The van der Waals surface area contributed by atoms with E-state index in [4.69, 9.17) is 0 Å². The molecule has 0 spiro atoms. The fourth-order valence-corrected chi connectivity index (χ4v) is 2.39. The van der Waals surface area contributed by atoms with Crippen molar-refractivity contribution in [3.05, 3.63) is 45.0 Å². The van der Waals surface area contributed by atoms with Gasteiger partial charge in [0.05, 0.1) is 4.47 Å². The summed E-state index contributed by atoms with van der Waals surface area (Å²) in [5.41, 5.74) is 0.660. The molecule has 1 N–H and O–H groups in total. The zero-order chi connectivity index (χ0) is 13.4. The molecule has 6 heteroatoms. The normalized spacial score (nSPS) is 14.5. The summed E-state index contributed by atoms with van der Waals surface area (Å²) in [5.74, 6) is 1.68. The molecule has 0 amide bonds. The Morgan fingerprint density at radius 1 is 1.16 bits per heavy atom. The van der Waals surface area contributed by atoms with Crippen LogP contribution in [0.25, 0.3) is 0 Å². The van der Waals surface area contributed by atoms with E-state index in [0.717, 1.165) is 23.3 Å². The molecule has 98 valence electrons. The SMILES string of the molecule is Fc1cc(Nc2cc(Br)nc(C3CC3)n2)ccc1Br. The minimum Gasteiger partial charge on any atom is -0.340 e. The molecule has 0 unspecified atom stereocenters. The van der Waals surface area contributed by atoms with Crippen molar-refractivity contribution in [1.82, 2.24) is 9.97 Å². The number of hydrogen-bond donors (Lipinski definition) is 1. The molecule has 1 aromatic carbocycles. The van der Waals surface area contributed by atoms with Gasteiger partial charge >= 0.3 is 0 Å². The Kier molecular flexibility index (Phi) is 3.54. The first-order chi connectivity index (χ1) is 9.11. The molecule has 2 aromatic rings. The second kappa shape index (κ2) is 5.17. The second-order valence-electron chi connectivity index (χ2n) is 4.46. The first-order valence-electron chi connectivity index (χ1n) is 5.88. The second-order valence-corrected chi connectivity index (χ2v) is 6.13. The smallest absolute Gasteiger partial charge is 0.139 e. The maximum atomic E-state index is 13.4. The van der Waals surface area contributed by atoms with Crippen LogP contribution in [-0.2, 0) is 0 Å². The molecule has 3 nitrogen and oxygen atoms in total. The molecular weight excluding hydrogens is 377 g/mol. The molecular formula is C13H10Br2FN3. The third-order valence-electron chi connectivity index (χ3n) is 2.85. The maximum Gasteiger partial charge on any atom is 0.139 e. The van der Waals surface area contributed by atoms with Crippen molar-refractivity contribution in [2.75, 3.05) is 5.32 Å². The van der Waals surface area contributed by atoms with E-state index in [1.165, 1.54) is 6.07 Å². The standard InChI is InChI=1S/C13H10Br2FN3/c14-9-4-3-8(5-10(9)16)17-12-6-11(15)18-13(19-12)7-1-2-7/h3-7H,1-2H2,(H,17,18,19). The van der Waals surface area contributed by atoms with Crippen LogP contribution in [0.15, 0.2) is 33.3 Å². The van der Waals surface area contributed by atoms with E-state index in [2.05, 4.69) is 47.1 Å². The minimum absolute atomic E-state index is 0.305. The maximum absolute atomic E-state index is 13.4. The van der Waals surface area contributed by atoms with Gasteiger partial charge in [0.1, 0.15) is 22.1 Å². The number of hydrogen-bond acceptors (Lipinski definition) is 3. The van der Waals surface area contributed by atoms with Crippen LogP contribution in [0.2, 0.25) is 0 Å². The molecule has 1 saturated carbocycles. The summed E-state index contributed by atoms with van der Waals surface area (Å²) in [4.78, 5) is 8.81. The monoisotopic (exact) mass is 385 g/mol. The lowest BCUT2D eigenvalue weighted by Crippen LogP contribution is -2.00. The van der Waals surface area contributed by atoms with Crippen LogP contribution in [0.5, 0.6) is 0 Å². The molecule has 1 aromatic heterocycles. The van der Waals surface area contributed by atoms with E-state index in [1.807, 2.05) is 0 Å². The zero-order valence-electron chi connectivity index (χ0n) is 9.83. The molecule has 1 heterocycles. The number of rotatable bonds is 3. The van der Waals surface area contributed by atoms with Gasteiger partial charge in [-0.15, -0.1) is 0 Å². The van der Waals surface area contributed by atoms with Gasteiger partial charge in [0.2, 0.25) is 0 Å². The quantitative estimate of drug-likeness (QED) is 0.772. The lowest BCUT2D eigenvalue weighted by Gasteiger charge is -2.08. The van der Waals surface area contributed by atoms with Crippen molar-refractivity contribution in [3.63, 3.8) is 0 Å². The summed E-state index contributed by atoms with van der Waals surface area (Å²) in [6.07, 6.45) is 2.28. The number of anilines is 2. The lowest BCUT2D eigenvalue weighted by molar-refractivity contribution is 0.622. The molecule has 0 radical (unpaired) electrons. The zero-order valence-corrected chi connectivity index (χ0v) is 13.0.